The predicted molar refractivity (Wildman–Crippen MR) is 175 cm³/mol. The molecule has 12 nitrogen and oxygen atoms in total. The zero-order valence-corrected chi connectivity index (χ0v) is 27.0. The minimum Gasteiger partial charge on any atom is -0.489 e. The summed E-state index contributed by atoms with van der Waals surface area (Å²) in [5, 5.41) is 12.0. The van der Waals surface area contributed by atoms with Crippen LogP contribution in [0.5, 0.6) is 5.75 Å². The molecule has 248 valence electrons. The second-order valence-corrected chi connectivity index (χ2v) is 13.0. The Kier molecular flexibility index (Phi) is 8.75. The van der Waals surface area contributed by atoms with Crippen LogP contribution in [0.15, 0.2) is 70.5 Å². The third-order valence-corrected chi connectivity index (χ3v) is 10.2. The SMILES string of the molecule is Cc1c(-n2nccn2)sc2c1c(=O)n([C@H]1CCNC1=O)c(=O)n2C[C@H](OC1CCC(=O)CC1)c1cc(F)ccc1OCc1ccccc1. The number of hydrogen-bond acceptors (Lipinski definition) is 9. The number of nitrogens with one attached hydrogen (secondary N) is 1. The molecule has 2 atom stereocenters. The number of nitrogens with zero attached hydrogens (tertiary/aromatic N) is 5. The quantitative estimate of drug-likeness (QED) is 0.233. The van der Waals surface area contributed by atoms with Crippen molar-refractivity contribution in [3.8, 4) is 10.8 Å². The number of aryl methyl sites for hydroxylation is 1. The van der Waals surface area contributed by atoms with E-state index in [9.17, 15) is 19.2 Å². The summed E-state index contributed by atoms with van der Waals surface area (Å²) in [5.74, 6) is -0.414. The van der Waals surface area contributed by atoms with Gasteiger partial charge in [0.2, 0.25) is 5.91 Å². The number of carbonyl (C=O) groups excluding carboxylic acids is 2. The minimum absolute atomic E-state index is 0.133. The highest BCUT2D eigenvalue weighted by Gasteiger charge is 2.34. The van der Waals surface area contributed by atoms with Crippen molar-refractivity contribution in [2.24, 2.45) is 0 Å². The summed E-state index contributed by atoms with van der Waals surface area (Å²) in [4.78, 5) is 55.1. The maximum atomic E-state index is 15.0. The highest BCUT2D eigenvalue weighted by molar-refractivity contribution is 7.21. The van der Waals surface area contributed by atoms with Gasteiger partial charge in [-0.25, -0.2) is 13.8 Å². The van der Waals surface area contributed by atoms with Gasteiger partial charge in [-0.1, -0.05) is 41.7 Å². The van der Waals surface area contributed by atoms with E-state index >= 15 is 4.39 Å². The zero-order valence-electron chi connectivity index (χ0n) is 26.1. The van der Waals surface area contributed by atoms with Crippen LogP contribution in [0.2, 0.25) is 0 Å². The van der Waals surface area contributed by atoms with Crippen molar-refractivity contribution < 1.29 is 23.5 Å². The summed E-state index contributed by atoms with van der Waals surface area (Å²) < 4.78 is 30.3. The topological polar surface area (TPSA) is 139 Å². The van der Waals surface area contributed by atoms with Gasteiger partial charge in [-0.15, -0.1) is 4.80 Å². The first-order chi connectivity index (χ1) is 23.3. The number of thiophene rings is 1. The zero-order chi connectivity index (χ0) is 33.4. The summed E-state index contributed by atoms with van der Waals surface area (Å²) in [5.41, 5.74) is 0.567. The summed E-state index contributed by atoms with van der Waals surface area (Å²) in [6, 6.07) is 12.7. The standard InChI is InChI=1S/C34H33FN6O6S/c1-20-29-31(44)40(26-13-14-36-30(26)43)34(45)39(33(29)48-32(20)41-37-15-16-38-41)18-28(47-24-10-8-23(42)9-11-24)25-17-22(35)7-12-27(25)46-19-21-5-3-2-4-6-21/h2-7,12,15-17,24,26,28H,8-11,13-14,18-19H2,1H3,(H,36,43)/t26-,28-/m0/s1. The van der Waals surface area contributed by atoms with Crippen molar-refractivity contribution in [1.29, 1.82) is 0 Å². The van der Waals surface area contributed by atoms with Crippen molar-refractivity contribution in [3.63, 3.8) is 0 Å². The number of carbonyl (C=O) groups is 2. The lowest BCUT2D eigenvalue weighted by atomic mass is 9.96. The molecule has 0 radical (unpaired) electrons. The Hall–Kier alpha value is -4.95. The fraction of sp³-hybridized carbons (Fsp3) is 0.353. The molecule has 1 aliphatic heterocycles. The Bertz CT molecular complexity index is 2100. The number of ether oxygens (including phenoxy) is 2. The second kappa shape index (κ2) is 13.3. The van der Waals surface area contributed by atoms with E-state index in [1.807, 2.05) is 30.3 Å². The summed E-state index contributed by atoms with van der Waals surface area (Å²) in [6.45, 7) is 2.16. The third-order valence-electron chi connectivity index (χ3n) is 8.90. The van der Waals surface area contributed by atoms with Gasteiger partial charge in [-0.05, 0) is 49.9 Å². The number of amides is 1. The molecule has 0 spiro atoms. The maximum absolute atomic E-state index is 15.0. The number of halogens is 1. The Balaban J connectivity index is 1.38. The van der Waals surface area contributed by atoms with Crippen LogP contribution in [0.25, 0.3) is 15.2 Å². The van der Waals surface area contributed by atoms with Gasteiger partial charge < -0.3 is 14.8 Å². The smallest absolute Gasteiger partial charge is 0.332 e. The number of benzene rings is 2. The normalized spacial score (nSPS) is 17.6. The molecule has 1 saturated carbocycles. The first kappa shape index (κ1) is 31.6. The maximum Gasteiger partial charge on any atom is 0.332 e. The van der Waals surface area contributed by atoms with E-state index in [-0.39, 0.29) is 36.8 Å². The molecule has 2 aromatic carbocycles. The van der Waals surface area contributed by atoms with E-state index in [2.05, 4.69) is 15.5 Å². The lowest BCUT2D eigenvalue weighted by molar-refractivity contribution is -0.125. The number of fused-ring (bicyclic) bond motifs is 1. The Morgan fingerprint density at radius 3 is 2.48 bits per heavy atom. The van der Waals surface area contributed by atoms with Gasteiger partial charge >= 0.3 is 5.69 Å². The van der Waals surface area contributed by atoms with Gasteiger partial charge in [0.1, 0.15) is 45.9 Å². The van der Waals surface area contributed by atoms with Crippen LogP contribution in [-0.4, -0.2) is 48.5 Å². The van der Waals surface area contributed by atoms with Crippen LogP contribution in [0.3, 0.4) is 0 Å². The van der Waals surface area contributed by atoms with Gasteiger partial charge in [-0.3, -0.25) is 19.0 Å². The molecule has 3 aromatic heterocycles. The van der Waals surface area contributed by atoms with Gasteiger partial charge in [0.25, 0.3) is 5.56 Å². The van der Waals surface area contributed by atoms with Gasteiger partial charge in [0.05, 0.1) is 30.4 Å². The number of Topliss-reactive ketones (excluding diaryl/α,β-unsaturated/α-hetero) is 1. The first-order valence-electron chi connectivity index (χ1n) is 15.8. The van der Waals surface area contributed by atoms with E-state index in [0.29, 0.717) is 58.9 Å². The predicted octanol–water partition coefficient (Wildman–Crippen LogP) is 4.16. The molecule has 14 heteroatoms. The first-order valence-corrected chi connectivity index (χ1v) is 16.7. The number of ketones is 1. The van der Waals surface area contributed by atoms with Gasteiger partial charge in [-0.2, -0.15) is 10.2 Å². The van der Waals surface area contributed by atoms with Crippen LogP contribution in [0.1, 0.15) is 60.9 Å². The Morgan fingerprint density at radius 2 is 1.77 bits per heavy atom. The molecule has 7 rings (SSSR count). The fourth-order valence-corrected chi connectivity index (χ4v) is 7.65. The number of rotatable bonds is 10. The van der Waals surface area contributed by atoms with Crippen molar-refractivity contribution >= 4 is 33.2 Å². The van der Waals surface area contributed by atoms with Crippen LogP contribution >= 0.6 is 11.3 Å². The molecule has 2 aliphatic rings. The molecule has 0 bridgehead atoms. The molecule has 0 unspecified atom stereocenters. The molecule has 2 fully saturated rings. The average Bonchev–Trinajstić information content (AvgIpc) is 3.84. The van der Waals surface area contributed by atoms with E-state index in [0.717, 1.165) is 10.1 Å². The molecule has 1 saturated heterocycles. The lowest BCUT2D eigenvalue weighted by Gasteiger charge is -2.29. The van der Waals surface area contributed by atoms with E-state index in [4.69, 9.17) is 9.47 Å². The van der Waals surface area contributed by atoms with Crippen molar-refractivity contribution in [1.82, 2.24) is 29.4 Å². The monoisotopic (exact) mass is 672 g/mol. The molecule has 1 amide bonds. The lowest BCUT2D eigenvalue weighted by Crippen LogP contribution is -2.44. The summed E-state index contributed by atoms with van der Waals surface area (Å²) >= 11 is 1.17. The van der Waals surface area contributed by atoms with Crippen LogP contribution < -0.4 is 21.3 Å². The Labute approximate surface area is 277 Å². The van der Waals surface area contributed by atoms with E-state index < -0.39 is 35.1 Å². The largest absolute Gasteiger partial charge is 0.489 e. The van der Waals surface area contributed by atoms with E-state index in [1.54, 1.807) is 6.92 Å². The van der Waals surface area contributed by atoms with Crippen LogP contribution in [-0.2, 0) is 27.5 Å². The third kappa shape index (κ3) is 6.08. The summed E-state index contributed by atoms with van der Waals surface area (Å²) in [7, 11) is 0. The van der Waals surface area contributed by atoms with Gasteiger partial charge in [0, 0.05) is 30.5 Å². The highest BCUT2D eigenvalue weighted by Crippen LogP contribution is 2.36. The number of hydrogen-bond donors (Lipinski definition) is 1. The molecule has 1 aliphatic carbocycles. The number of aromatic nitrogens is 5. The van der Waals surface area contributed by atoms with E-state index in [1.165, 1.54) is 51.3 Å². The molecule has 48 heavy (non-hydrogen) atoms. The van der Waals surface area contributed by atoms with Crippen molar-refractivity contribution in [3.05, 3.63) is 104 Å². The molecular formula is C34H33FN6O6S. The van der Waals surface area contributed by atoms with Crippen LogP contribution in [0, 0.1) is 12.7 Å². The van der Waals surface area contributed by atoms with Crippen molar-refractivity contribution in [2.75, 3.05) is 6.54 Å². The molecule has 1 N–H and O–H groups in total. The van der Waals surface area contributed by atoms with Crippen molar-refractivity contribution in [2.45, 2.75) is 70.4 Å². The molecule has 4 heterocycles. The molecule has 5 aromatic rings. The highest BCUT2D eigenvalue weighted by atomic mass is 32.1. The molecular weight excluding hydrogens is 639 g/mol. The second-order valence-electron chi connectivity index (χ2n) is 12.0. The van der Waals surface area contributed by atoms with Gasteiger partial charge in [0.15, 0.2) is 0 Å². The van der Waals surface area contributed by atoms with Crippen LogP contribution in [0.4, 0.5) is 4.39 Å². The fourth-order valence-electron chi connectivity index (χ4n) is 6.43. The minimum atomic E-state index is -0.992. The average molecular weight is 673 g/mol. The Morgan fingerprint density at radius 1 is 1.02 bits per heavy atom. The summed E-state index contributed by atoms with van der Waals surface area (Å²) in [6.07, 6.45) is 3.69.